The zero-order valence-electron chi connectivity index (χ0n) is 9.19. The van der Waals surface area contributed by atoms with Gasteiger partial charge in [-0.2, -0.15) is 0 Å². The molecule has 1 aliphatic rings. The molecule has 0 bridgehead atoms. The molecule has 0 radical (unpaired) electrons. The Balaban J connectivity index is 2.15. The molecule has 1 aliphatic heterocycles. The third kappa shape index (κ3) is 4.99. The van der Waals surface area contributed by atoms with Crippen molar-refractivity contribution in [2.75, 3.05) is 19.9 Å². The minimum Gasteiger partial charge on any atom is -0.355 e. The highest BCUT2D eigenvalue weighted by Crippen LogP contribution is 2.07. The van der Waals surface area contributed by atoms with Crippen LogP contribution in [-0.2, 0) is 0 Å². The zero-order valence-corrected chi connectivity index (χ0v) is 11.0. The van der Waals surface area contributed by atoms with Crippen LogP contribution < -0.4 is 5.32 Å². The van der Waals surface area contributed by atoms with Crippen LogP contribution in [0.2, 0.25) is 0 Å². The number of guanidine groups is 1. The molecule has 6 heteroatoms. The van der Waals surface area contributed by atoms with Crippen LogP contribution in [-0.4, -0.2) is 34.5 Å². The molecule has 0 aromatic carbocycles. The standard InChI is InChI=1S/C9H20N4S2/c1-2-3-4-5-6-10-9-11-7-12(14)8-13(9)15/h14-15H,2-8H2,1H3,(H,10,11). The Hall–Kier alpha value is -0.0700. The summed E-state index contributed by atoms with van der Waals surface area (Å²) in [6.07, 6.45) is 5.05. The van der Waals surface area contributed by atoms with Gasteiger partial charge in [-0.3, -0.25) is 4.31 Å². The van der Waals surface area contributed by atoms with Gasteiger partial charge < -0.3 is 5.32 Å². The van der Waals surface area contributed by atoms with E-state index in [0.29, 0.717) is 13.3 Å². The fourth-order valence-electron chi connectivity index (χ4n) is 1.40. The predicted molar refractivity (Wildman–Crippen MR) is 71.0 cm³/mol. The Kier molecular flexibility index (Phi) is 6.28. The summed E-state index contributed by atoms with van der Waals surface area (Å²) in [5, 5.41) is 3.29. The summed E-state index contributed by atoms with van der Waals surface area (Å²) in [5.41, 5.74) is 0. The first kappa shape index (κ1) is 13.0. The summed E-state index contributed by atoms with van der Waals surface area (Å²) in [5.74, 6) is 0.861. The second-order valence-corrected chi connectivity index (χ2v) is 4.71. The second kappa shape index (κ2) is 7.24. The molecule has 4 nitrogen and oxygen atoms in total. The molecule has 0 spiro atoms. The average Bonchev–Trinajstić information content (AvgIpc) is 2.20. The molecule has 1 N–H and O–H groups in total. The van der Waals surface area contributed by atoms with E-state index in [1.807, 2.05) is 0 Å². The highest BCUT2D eigenvalue weighted by molar-refractivity contribution is 7.78. The number of nitrogens with zero attached hydrogens (tertiary/aromatic N) is 3. The van der Waals surface area contributed by atoms with Gasteiger partial charge in [0.15, 0.2) is 0 Å². The van der Waals surface area contributed by atoms with Gasteiger partial charge in [0, 0.05) is 6.54 Å². The largest absolute Gasteiger partial charge is 0.355 e. The Morgan fingerprint density at radius 2 is 2.13 bits per heavy atom. The lowest BCUT2D eigenvalue weighted by atomic mass is 10.2. The fraction of sp³-hybridized carbons (Fsp3) is 0.889. The van der Waals surface area contributed by atoms with Crippen LogP contribution in [0, 0.1) is 0 Å². The summed E-state index contributed by atoms with van der Waals surface area (Å²) in [6, 6.07) is 0. The Morgan fingerprint density at radius 1 is 1.33 bits per heavy atom. The molecular weight excluding hydrogens is 228 g/mol. The van der Waals surface area contributed by atoms with Crippen molar-refractivity contribution in [3.63, 3.8) is 0 Å². The lowest BCUT2D eigenvalue weighted by Gasteiger charge is -2.29. The fourth-order valence-corrected chi connectivity index (χ4v) is 1.97. The van der Waals surface area contributed by atoms with Crippen molar-refractivity contribution in [3.05, 3.63) is 0 Å². The molecule has 15 heavy (non-hydrogen) atoms. The molecule has 0 atom stereocenters. The first-order chi connectivity index (χ1) is 7.24. The average molecular weight is 248 g/mol. The lowest BCUT2D eigenvalue weighted by molar-refractivity contribution is 0.378. The van der Waals surface area contributed by atoms with Gasteiger partial charge >= 0.3 is 0 Å². The van der Waals surface area contributed by atoms with Gasteiger partial charge in [0.05, 0.1) is 6.67 Å². The number of nitrogens with one attached hydrogen (secondary N) is 1. The van der Waals surface area contributed by atoms with Crippen LogP contribution in [0.25, 0.3) is 0 Å². The van der Waals surface area contributed by atoms with Gasteiger partial charge in [0.25, 0.3) is 0 Å². The molecule has 0 fully saturated rings. The van der Waals surface area contributed by atoms with E-state index in [0.717, 1.165) is 12.5 Å². The van der Waals surface area contributed by atoms with Crippen LogP contribution in [0.4, 0.5) is 0 Å². The lowest BCUT2D eigenvalue weighted by Crippen LogP contribution is -2.44. The van der Waals surface area contributed by atoms with E-state index < -0.39 is 0 Å². The maximum Gasteiger partial charge on any atom is 0.206 e. The van der Waals surface area contributed by atoms with Crippen LogP contribution >= 0.6 is 25.6 Å². The molecule has 0 unspecified atom stereocenters. The monoisotopic (exact) mass is 248 g/mol. The van der Waals surface area contributed by atoms with Gasteiger partial charge in [-0.1, -0.05) is 51.8 Å². The molecule has 1 heterocycles. The van der Waals surface area contributed by atoms with Gasteiger partial charge in [0.1, 0.15) is 6.67 Å². The van der Waals surface area contributed by atoms with Crippen molar-refractivity contribution >= 4 is 31.6 Å². The van der Waals surface area contributed by atoms with E-state index in [9.17, 15) is 0 Å². The summed E-state index contributed by atoms with van der Waals surface area (Å²) < 4.78 is 3.57. The van der Waals surface area contributed by atoms with Crippen molar-refractivity contribution in [2.24, 2.45) is 4.99 Å². The van der Waals surface area contributed by atoms with E-state index in [1.54, 1.807) is 8.61 Å². The van der Waals surface area contributed by atoms with Crippen molar-refractivity contribution in [1.29, 1.82) is 0 Å². The SMILES string of the molecule is CCCCCCNC1=NCN(S)CN1S. The summed E-state index contributed by atoms with van der Waals surface area (Å²) in [4.78, 5) is 4.31. The smallest absolute Gasteiger partial charge is 0.206 e. The van der Waals surface area contributed by atoms with E-state index in [2.05, 4.69) is 42.9 Å². The second-order valence-electron chi connectivity index (χ2n) is 3.66. The van der Waals surface area contributed by atoms with E-state index in [1.165, 1.54) is 25.7 Å². The highest BCUT2D eigenvalue weighted by Gasteiger charge is 2.14. The molecule has 0 saturated heterocycles. The van der Waals surface area contributed by atoms with Crippen molar-refractivity contribution < 1.29 is 0 Å². The normalized spacial score (nSPS) is 17.8. The van der Waals surface area contributed by atoms with Gasteiger partial charge in [-0.15, -0.1) is 0 Å². The van der Waals surface area contributed by atoms with E-state index in [-0.39, 0.29) is 0 Å². The minimum absolute atomic E-state index is 0.622. The Morgan fingerprint density at radius 3 is 2.80 bits per heavy atom. The maximum atomic E-state index is 4.31. The molecule has 1 rings (SSSR count). The van der Waals surface area contributed by atoms with E-state index in [4.69, 9.17) is 0 Å². The Labute approximate surface area is 103 Å². The summed E-state index contributed by atoms with van der Waals surface area (Å²) in [7, 11) is 0. The van der Waals surface area contributed by atoms with Gasteiger partial charge in [-0.05, 0) is 6.42 Å². The number of unbranched alkanes of at least 4 members (excludes halogenated alkanes) is 3. The summed E-state index contributed by atoms with van der Waals surface area (Å²) in [6.45, 7) is 4.50. The van der Waals surface area contributed by atoms with Crippen LogP contribution in [0.15, 0.2) is 4.99 Å². The molecule has 88 valence electrons. The molecule has 0 aromatic rings. The zero-order chi connectivity index (χ0) is 11.1. The number of aliphatic imine (C=N–C) groups is 1. The molecule has 0 amide bonds. The summed E-state index contributed by atoms with van der Waals surface area (Å²) >= 11 is 8.51. The van der Waals surface area contributed by atoms with Crippen LogP contribution in [0.5, 0.6) is 0 Å². The highest BCUT2D eigenvalue weighted by atomic mass is 32.1. The maximum absolute atomic E-state index is 4.31. The first-order valence-corrected chi connectivity index (χ1v) is 6.22. The first-order valence-electron chi connectivity index (χ1n) is 5.42. The molecular formula is C9H20N4S2. The van der Waals surface area contributed by atoms with Crippen molar-refractivity contribution in [3.8, 4) is 0 Å². The molecule has 0 saturated carbocycles. The van der Waals surface area contributed by atoms with Gasteiger partial charge in [0.2, 0.25) is 5.96 Å². The van der Waals surface area contributed by atoms with Crippen LogP contribution in [0.1, 0.15) is 32.6 Å². The predicted octanol–water partition coefficient (Wildman–Crippen LogP) is 1.73. The van der Waals surface area contributed by atoms with Crippen molar-refractivity contribution in [1.82, 2.24) is 13.9 Å². The van der Waals surface area contributed by atoms with Crippen molar-refractivity contribution in [2.45, 2.75) is 32.6 Å². The topological polar surface area (TPSA) is 30.9 Å². The minimum atomic E-state index is 0.622. The molecule has 0 aromatic heterocycles. The Bertz CT molecular complexity index is 210. The molecule has 0 aliphatic carbocycles. The van der Waals surface area contributed by atoms with E-state index >= 15 is 0 Å². The quantitative estimate of drug-likeness (QED) is 0.512. The van der Waals surface area contributed by atoms with Gasteiger partial charge in [-0.25, -0.2) is 9.30 Å². The third-order valence-corrected chi connectivity index (χ3v) is 2.81. The number of hydrogen-bond donors (Lipinski definition) is 3. The van der Waals surface area contributed by atoms with Crippen LogP contribution in [0.3, 0.4) is 0 Å². The number of hydrogen-bond acceptors (Lipinski definition) is 6. The number of thiol groups is 2. The number of rotatable bonds is 5. The third-order valence-electron chi connectivity index (χ3n) is 2.24.